The Labute approximate surface area is 115 Å². The highest BCUT2D eigenvalue weighted by Crippen LogP contribution is 2.41. The van der Waals surface area contributed by atoms with Gasteiger partial charge in [0, 0.05) is 5.41 Å². The number of allylic oxidation sites excluding steroid dienone is 8. The van der Waals surface area contributed by atoms with Crippen molar-refractivity contribution >= 4 is 12.0 Å². The summed E-state index contributed by atoms with van der Waals surface area (Å²) in [7, 11) is 0. The molecule has 0 aromatic rings. The summed E-state index contributed by atoms with van der Waals surface area (Å²) in [5, 5.41) is 0. The van der Waals surface area contributed by atoms with Crippen LogP contribution in [0, 0.1) is 5.41 Å². The number of hydrogen-bond acceptors (Lipinski definition) is 2. The van der Waals surface area contributed by atoms with Gasteiger partial charge in [-0.3, -0.25) is 9.79 Å². The summed E-state index contributed by atoms with van der Waals surface area (Å²) in [5.74, 6) is 0. The van der Waals surface area contributed by atoms with Gasteiger partial charge < -0.3 is 0 Å². The van der Waals surface area contributed by atoms with Crippen LogP contribution < -0.4 is 0 Å². The van der Waals surface area contributed by atoms with Crippen molar-refractivity contribution in [1.29, 1.82) is 0 Å². The van der Waals surface area contributed by atoms with E-state index in [0.29, 0.717) is 0 Å². The molecule has 2 heteroatoms. The van der Waals surface area contributed by atoms with Crippen molar-refractivity contribution in [2.75, 3.05) is 0 Å². The van der Waals surface area contributed by atoms with Crippen LogP contribution in [0.2, 0.25) is 0 Å². The quantitative estimate of drug-likeness (QED) is 0.421. The maximum Gasteiger partial charge on any atom is 0.143 e. The van der Waals surface area contributed by atoms with E-state index in [0.717, 1.165) is 28.8 Å². The first-order valence-electron chi connectivity index (χ1n) is 6.35. The van der Waals surface area contributed by atoms with Gasteiger partial charge in [0.25, 0.3) is 0 Å². The summed E-state index contributed by atoms with van der Waals surface area (Å²) in [6.45, 7) is 12.2. The lowest BCUT2D eigenvalue weighted by atomic mass is 9.82. The van der Waals surface area contributed by atoms with Crippen LogP contribution in [0.1, 0.15) is 27.7 Å². The average molecular weight is 255 g/mol. The molecule has 0 amide bonds. The van der Waals surface area contributed by atoms with Gasteiger partial charge in [0.05, 0.1) is 11.4 Å². The van der Waals surface area contributed by atoms with Crippen LogP contribution >= 0.6 is 0 Å². The molecule has 0 aromatic heterocycles. The number of carbonyl (C=O) groups is 1. The van der Waals surface area contributed by atoms with Crippen LogP contribution in [-0.2, 0) is 4.79 Å². The molecule has 0 saturated carbocycles. The van der Waals surface area contributed by atoms with Gasteiger partial charge in [-0.05, 0) is 43.2 Å². The van der Waals surface area contributed by atoms with Gasteiger partial charge in [-0.25, -0.2) is 0 Å². The molecule has 0 N–H and O–H groups in total. The van der Waals surface area contributed by atoms with E-state index in [-0.39, 0.29) is 5.41 Å². The first kappa shape index (κ1) is 15.1. The van der Waals surface area contributed by atoms with Gasteiger partial charge in [-0.15, -0.1) is 0 Å². The largest absolute Gasteiger partial charge is 0.299 e. The Bertz CT molecular complexity index is 525. The number of nitrogens with zero attached hydrogens (tertiary/aromatic N) is 1. The molecule has 0 atom stereocenters. The van der Waals surface area contributed by atoms with Gasteiger partial charge in [0.15, 0.2) is 0 Å². The molecule has 100 valence electrons. The van der Waals surface area contributed by atoms with Crippen molar-refractivity contribution in [3.63, 3.8) is 0 Å². The van der Waals surface area contributed by atoms with E-state index in [4.69, 9.17) is 0 Å². The molecule has 1 rings (SSSR count). The minimum Gasteiger partial charge on any atom is -0.299 e. The van der Waals surface area contributed by atoms with Crippen LogP contribution in [0.25, 0.3) is 0 Å². The van der Waals surface area contributed by atoms with Gasteiger partial charge in [0.1, 0.15) is 6.29 Å². The molecule has 1 aliphatic heterocycles. The summed E-state index contributed by atoms with van der Waals surface area (Å²) in [4.78, 5) is 14.9. The molecule has 0 unspecified atom stereocenters. The minimum absolute atomic E-state index is 0.151. The zero-order valence-corrected chi connectivity index (χ0v) is 12.1. The summed E-state index contributed by atoms with van der Waals surface area (Å²) < 4.78 is 0. The smallest absolute Gasteiger partial charge is 0.143 e. The van der Waals surface area contributed by atoms with E-state index in [1.807, 2.05) is 44.2 Å². The SMILES string of the molecule is C=C1C(/C=C\C)=NC(=C/C=C/C(C)=C/C=O)/C1(C)C. The average Bonchev–Trinajstić information content (AvgIpc) is 2.55. The molecule has 1 heterocycles. The lowest BCUT2D eigenvalue weighted by molar-refractivity contribution is -0.104. The number of aldehydes is 1. The van der Waals surface area contributed by atoms with E-state index in [2.05, 4.69) is 25.4 Å². The Balaban J connectivity index is 3.02. The summed E-state index contributed by atoms with van der Waals surface area (Å²) in [6.07, 6.45) is 12.1. The Kier molecular flexibility index (Phi) is 4.99. The molecule has 0 radical (unpaired) electrons. The second-order valence-corrected chi connectivity index (χ2v) is 5.06. The molecule has 0 fully saturated rings. The van der Waals surface area contributed by atoms with Gasteiger partial charge in [-0.2, -0.15) is 0 Å². The van der Waals surface area contributed by atoms with Gasteiger partial charge in [-0.1, -0.05) is 38.7 Å². The highest BCUT2D eigenvalue weighted by Gasteiger charge is 2.34. The molecule has 2 nitrogen and oxygen atoms in total. The van der Waals surface area contributed by atoms with E-state index < -0.39 is 0 Å². The number of rotatable bonds is 4. The zero-order chi connectivity index (χ0) is 14.5. The van der Waals surface area contributed by atoms with E-state index in [1.54, 1.807) is 0 Å². The fraction of sp³-hybridized carbons (Fsp3) is 0.294. The third kappa shape index (κ3) is 3.50. The Hall–Kier alpha value is -1.96. The zero-order valence-electron chi connectivity index (χ0n) is 12.1. The first-order chi connectivity index (χ1) is 8.93. The molecule has 19 heavy (non-hydrogen) atoms. The summed E-state index contributed by atoms with van der Waals surface area (Å²) >= 11 is 0. The van der Waals surface area contributed by atoms with E-state index in [1.165, 1.54) is 6.08 Å². The Morgan fingerprint density at radius 3 is 2.63 bits per heavy atom. The van der Waals surface area contributed by atoms with Crippen molar-refractivity contribution < 1.29 is 4.79 Å². The standard InChI is InChI=1S/C17H21NO/c1-6-8-15-14(3)17(4,5)16(18-15)10-7-9-13(2)11-12-19/h6-12H,3H2,1-2,4-5H3/b8-6-,9-7+,13-11+,16-10+. The normalized spacial score (nSPS) is 21.7. The predicted octanol–water partition coefficient (Wildman–Crippen LogP) is 4.18. The van der Waals surface area contributed by atoms with Crippen LogP contribution in [0.4, 0.5) is 0 Å². The van der Waals surface area contributed by atoms with Crippen molar-refractivity contribution in [3.8, 4) is 0 Å². The van der Waals surface area contributed by atoms with Crippen molar-refractivity contribution in [3.05, 3.63) is 59.9 Å². The van der Waals surface area contributed by atoms with Crippen molar-refractivity contribution in [2.24, 2.45) is 10.4 Å². The van der Waals surface area contributed by atoms with Crippen LogP contribution in [0.5, 0.6) is 0 Å². The van der Waals surface area contributed by atoms with Gasteiger partial charge in [0.2, 0.25) is 0 Å². The summed E-state index contributed by atoms with van der Waals surface area (Å²) in [5.41, 5.74) is 3.72. The van der Waals surface area contributed by atoms with Crippen LogP contribution in [0.3, 0.4) is 0 Å². The fourth-order valence-corrected chi connectivity index (χ4v) is 1.81. The highest BCUT2D eigenvalue weighted by atomic mass is 16.1. The fourth-order valence-electron chi connectivity index (χ4n) is 1.81. The predicted molar refractivity (Wildman–Crippen MR) is 82.2 cm³/mol. The maximum atomic E-state index is 10.3. The highest BCUT2D eigenvalue weighted by molar-refractivity contribution is 6.11. The Morgan fingerprint density at radius 1 is 1.37 bits per heavy atom. The molecule has 0 aliphatic carbocycles. The number of hydrogen-bond donors (Lipinski definition) is 0. The third-order valence-corrected chi connectivity index (χ3v) is 3.21. The van der Waals surface area contributed by atoms with Crippen molar-refractivity contribution in [2.45, 2.75) is 27.7 Å². The molecule has 0 saturated heterocycles. The topological polar surface area (TPSA) is 29.4 Å². The number of aliphatic imine (C=N–C) groups is 1. The Morgan fingerprint density at radius 2 is 2.05 bits per heavy atom. The monoisotopic (exact) mass is 255 g/mol. The lowest BCUT2D eigenvalue weighted by Crippen LogP contribution is -2.13. The molecular formula is C17H21NO. The second kappa shape index (κ2) is 6.28. The molecule has 0 spiro atoms. The van der Waals surface area contributed by atoms with Crippen molar-refractivity contribution in [1.82, 2.24) is 0 Å². The molecule has 0 aromatic carbocycles. The molecular weight excluding hydrogens is 234 g/mol. The minimum atomic E-state index is -0.151. The second-order valence-electron chi connectivity index (χ2n) is 5.06. The first-order valence-corrected chi connectivity index (χ1v) is 6.35. The maximum absolute atomic E-state index is 10.3. The number of carbonyl (C=O) groups excluding carboxylic acids is 1. The third-order valence-electron chi connectivity index (χ3n) is 3.21. The van der Waals surface area contributed by atoms with E-state index >= 15 is 0 Å². The van der Waals surface area contributed by atoms with E-state index in [9.17, 15) is 4.79 Å². The van der Waals surface area contributed by atoms with Crippen LogP contribution in [-0.4, -0.2) is 12.0 Å². The molecule has 0 bridgehead atoms. The lowest BCUT2D eigenvalue weighted by Gasteiger charge is -2.19. The van der Waals surface area contributed by atoms with Gasteiger partial charge >= 0.3 is 0 Å². The molecule has 1 aliphatic rings. The summed E-state index contributed by atoms with van der Waals surface area (Å²) in [6, 6.07) is 0. The van der Waals surface area contributed by atoms with Crippen LogP contribution in [0.15, 0.2) is 64.9 Å².